The Morgan fingerprint density at radius 1 is 1.11 bits per heavy atom. The van der Waals surface area contributed by atoms with Gasteiger partial charge in [-0.05, 0) is 54.5 Å². The average molecular weight is 559 g/mol. The van der Waals surface area contributed by atoms with Crippen molar-refractivity contribution in [1.29, 1.82) is 0 Å². The molecule has 1 N–H and O–H groups in total. The maximum atomic E-state index is 13.1. The van der Waals surface area contributed by atoms with Crippen LogP contribution in [0.15, 0.2) is 65.6 Å². The fourth-order valence-electron chi connectivity index (χ4n) is 3.49. The number of hydrogen-bond donors (Lipinski definition) is 1. The van der Waals surface area contributed by atoms with Crippen molar-refractivity contribution in [2.45, 2.75) is 6.92 Å². The van der Waals surface area contributed by atoms with E-state index in [1.54, 1.807) is 42.5 Å². The number of thioether (sulfide) groups is 1. The number of rotatable bonds is 7. The number of thiocarbonyl (C=S) groups is 1. The molecule has 1 aliphatic rings. The third-order valence-electron chi connectivity index (χ3n) is 5.20. The molecule has 1 aliphatic heterocycles. The van der Waals surface area contributed by atoms with E-state index in [0.29, 0.717) is 31.2 Å². The van der Waals surface area contributed by atoms with Crippen molar-refractivity contribution in [2.75, 3.05) is 23.9 Å². The number of amides is 2. The quantitative estimate of drug-likeness (QED) is 0.256. The fraction of sp³-hybridized carbons (Fsp3) is 0.115. The van der Waals surface area contributed by atoms with E-state index in [9.17, 15) is 9.59 Å². The molecule has 1 saturated heterocycles. The monoisotopic (exact) mass is 558 g/mol. The molecular weight excluding hydrogens is 539 g/mol. The molecular formula is C26H20Cl2N2O4S2. The Balaban J connectivity index is 1.52. The van der Waals surface area contributed by atoms with Gasteiger partial charge in [-0.1, -0.05) is 77.5 Å². The van der Waals surface area contributed by atoms with Gasteiger partial charge in [-0.15, -0.1) is 0 Å². The number of hydrogen-bond acceptors (Lipinski definition) is 6. The van der Waals surface area contributed by atoms with E-state index < -0.39 is 5.91 Å². The number of aryl methyl sites for hydroxylation is 1. The van der Waals surface area contributed by atoms with Gasteiger partial charge in [0.25, 0.3) is 11.8 Å². The standard InChI is InChI=1S/C26H20Cl2N2O4S2/c1-15-7-3-6-10-20(15)30-25(32)22(36-26(30)35)13-16-11-18(28)24(21(12-16)33-2)34-14-23(31)29-19-9-5-4-8-17(19)27/h3-13H,14H2,1-2H3,(H,29,31)/b22-13-. The molecule has 10 heteroatoms. The smallest absolute Gasteiger partial charge is 0.270 e. The lowest BCUT2D eigenvalue weighted by atomic mass is 10.1. The molecule has 4 rings (SSSR count). The van der Waals surface area contributed by atoms with Crippen LogP contribution < -0.4 is 19.7 Å². The topological polar surface area (TPSA) is 67.9 Å². The summed E-state index contributed by atoms with van der Waals surface area (Å²) < 4.78 is 11.5. The molecule has 0 unspecified atom stereocenters. The van der Waals surface area contributed by atoms with Crippen LogP contribution in [0.25, 0.3) is 6.08 Å². The van der Waals surface area contributed by atoms with Gasteiger partial charge in [0.15, 0.2) is 22.4 Å². The summed E-state index contributed by atoms with van der Waals surface area (Å²) >= 11 is 19.2. The zero-order valence-corrected chi connectivity index (χ0v) is 22.4. The molecule has 2 amide bonds. The predicted molar refractivity (Wildman–Crippen MR) is 150 cm³/mol. The molecule has 0 radical (unpaired) electrons. The molecule has 3 aromatic rings. The molecule has 184 valence electrons. The van der Waals surface area contributed by atoms with Crippen molar-refractivity contribution in [3.05, 3.63) is 86.7 Å². The molecule has 0 aromatic heterocycles. The second-order valence-electron chi connectivity index (χ2n) is 7.65. The Bertz CT molecular complexity index is 1390. The van der Waals surface area contributed by atoms with E-state index in [1.165, 1.54) is 23.8 Å². The fourth-order valence-corrected chi connectivity index (χ4v) is 5.23. The minimum absolute atomic E-state index is 0.207. The van der Waals surface area contributed by atoms with Crippen molar-refractivity contribution >= 4 is 80.8 Å². The Morgan fingerprint density at radius 2 is 1.83 bits per heavy atom. The van der Waals surface area contributed by atoms with Gasteiger partial charge in [0.05, 0.1) is 33.4 Å². The SMILES string of the molecule is COc1cc(/C=C2\SC(=S)N(c3ccccc3C)C2=O)cc(Cl)c1OCC(=O)Nc1ccccc1Cl. The lowest BCUT2D eigenvalue weighted by Gasteiger charge is -2.16. The molecule has 3 aromatic carbocycles. The highest BCUT2D eigenvalue weighted by molar-refractivity contribution is 8.27. The van der Waals surface area contributed by atoms with Crippen molar-refractivity contribution in [2.24, 2.45) is 0 Å². The van der Waals surface area contributed by atoms with Crippen molar-refractivity contribution in [3.8, 4) is 11.5 Å². The first kappa shape index (κ1) is 26.0. The van der Waals surface area contributed by atoms with Crippen LogP contribution >= 0.6 is 47.2 Å². The van der Waals surface area contributed by atoms with E-state index in [2.05, 4.69) is 5.32 Å². The summed E-state index contributed by atoms with van der Waals surface area (Å²) in [6.07, 6.45) is 1.69. The van der Waals surface area contributed by atoms with Crippen LogP contribution in [-0.4, -0.2) is 29.9 Å². The predicted octanol–water partition coefficient (Wildman–Crippen LogP) is 6.73. The van der Waals surface area contributed by atoms with E-state index >= 15 is 0 Å². The highest BCUT2D eigenvalue weighted by Gasteiger charge is 2.34. The van der Waals surface area contributed by atoms with Gasteiger partial charge in [-0.3, -0.25) is 14.5 Å². The molecule has 36 heavy (non-hydrogen) atoms. The lowest BCUT2D eigenvalue weighted by Crippen LogP contribution is -2.28. The van der Waals surface area contributed by atoms with Gasteiger partial charge in [0.1, 0.15) is 0 Å². The Labute approximate surface area is 228 Å². The van der Waals surface area contributed by atoms with E-state index in [1.807, 2.05) is 31.2 Å². The largest absolute Gasteiger partial charge is 0.493 e. The zero-order valence-electron chi connectivity index (χ0n) is 19.2. The van der Waals surface area contributed by atoms with Crippen LogP contribution in [0.2, 0.25) is 10.0 Å². The molecule has 0 aliphatic carbocycles. The normalized spacial score (nSPS) is 14.3. The summed E-state index contributed by atoms with van der Waals surface area (Å²) in [4.78, 5) is 27.5. The average Bonchev–Trinajstić information content (AvgIpc) is 3.12. The summed E-state index contributed by atoms with van der Waals surface area (Å²) in [5.41, 5.74) is 2.79. The highest BCUT2D eigenvalue weighted by atomic mass is 35.5. The van der Waals surface area contributed by atoms with Crippen molar-refractivity contribution < 1.29 is 19.1 Å². The number of nitrogens with one attached hydrogen (secondary N) is 1. The summed E-state index contributed by atoms with van der Waals surface area (Å²) in [5.74, 6) is -0.108. The highest BCUT2D eigenvalue weighted by Crippen LogP contribution is 2.40. The molecule has 0 atom stereocenters. The molecule has 6 nitrogen and oxygen atoms in total. The maximum Gasteiger partial charge on any atom is 0.270 e. The first-order valence-corrected chi connectivity index (χ1v) is 12.6. The Kier molecular flexibility index (Phi) is 8.21. The number of ether oxygens (including phenoxy) is 2. The van der Waals surface area contributed by atoms with Crippen LogP contribution in [0, 0.1) is 6.92 Å². The van der Waals surface area contributed by atoms with Gasteiger partial charge in [0, 0.05) is 0 Å². The van der Waals surface area contributed by atoms with Gasteiger partial charge < -0.3 is 14.8 Å². The number of carbonyl (C=O) groups excluding carboxylic acids is 2. The second kappa shape index (κ2) is 11.3. The summed E-state index contributed by atoms with van der Waals surface area (Å²) in [6.45, 7) is 1.62. The van der Waals surface area contributed by atoms with E-state index in [0.717, 1.165) is 11.3 Å². The number of para-hydroxylation sites is 2. The summed E-state index contributed by atoms with van der Waals surface area (Å²) in [7, 11) is 1.46. The number of nitrogens with zero attached hydrogens (tertiary/aromatic N) is 1. The first-order valence-electron chi connectivity index (χ1n) is 10.7. The second-order valence-corrected chi connectivity index (χ2v) is 10.1. The number of carbonyl (C=O) groups is 2. The zero-order chi connectivity index (χ0) is 25.8. The van der Waals surface area contributed by atoms with Crippen LogP contribution in [-0.2, 0) is 9.59 Å². The van der Waals surface area contributed by atoms with Gasteiger partial charge in [0.2, 0.25) is 0 Å². The molecule has 1 heterocycles. The van der Waals surface area contributed by atoms with Gasteiger partial charge in [-0.25, -0.2) is 0 Å². The third-order valence-corrected chi connectivity index (χ3v) is 7.11. The minimum atomic E-state index is -0.412. The van der Waals surface area contributed by atoms with Crippen molar-refractivity contribution in [1.82, 2.24) is 0 Å². The molecule has 0 bridgehead atoms. The first-order chi connectivity index (χ1) is 17.3. The van der Waals surface area contributed by atoms with Crippen molar-refractivity contribution in [3.63, 3.8) is 0 Å². The molecule has 0 saturated carbocycles. The van der Waals surface area contributed by atoms with Crippen LogP contribution in [0.4, 0.5) is 11.4 Å². The number of halogens is 2. The molecule has 1 fully saturated rings. The number of benzene rings is 3. The van der Waals surface area contributed by atoms with Gasteiger partial charge in [-0.2, -0.15) is 0 Å². The minimum Gasteiger partial charge on any atom is -0.493 e. The molecule has 0 spiro atoms. The Morgan fingerprint density at radius 3 is 2.56 bits per heavy atom. The summed E-state index contributed by atoms with van der Waals surface area (Å²) in [6, 6.07) is 17.7. The van der Waals surface area contributed by atoms with Gasteiger partial charge >= 0.3 is 0 Å². The third kappa shape index (κ3) is 5.68. The van der Waals surface area contributed by atoms with E-state index in [-0.39, 0.29) is 23.3 Å². The number of methoxy groups -OCH3 is 1. The van der Waals surface area contributed by atoms with Crippen LogP contribution in [0.5, 0.6) is 11.5 Å². The lowest BCUT2D eigenvalue weighted by molar-refractivity contribution is -0.118. The van der Waals surface area contributed by atoms with Crippen LogP contribution in [0.1, 0.15) is 11.1 Å². The Hall–Kier alpha value is -3.04. The van der Waals surface area contributed by atoms with E-state index in [4.69, 9.17) is 44.9 Å². The number of anilines is 2. The maximum absolute atomic E-state index is 13.1. The van der Waals surface area contributed by atoms with Crippen LogP contribution in [0.3, 0.4) is 0 Å². The summed E-state index contributed by atoms with van der Waals surface area (Å²) in [5, 5.41) is 3.32.